The Labute approximate surface area is 349 Å². The van der Waals surface area contributed by atoms with Gasteiger partial charge in [0.2, 0.25) is 11.8 Å². The molecule has 9 heteroatoms. The van der Waals surface area contributed by atoms with Gasteiger partial charge in [0.05, 0.1) is 25.6 Å². The molecule has 60 heavy (non-hydrogen) atoms. The van der Waals surface area contributed by atoms with Gasteiger partial charge in [0.15, 0.2) is 23.1 Å². The predicted octanol–water partition coefficient (Wildman–Crippen LogP) is 10.7. The molecule has 8 aromatic rings. The summed E-state index contributed by atoms with van der Waals surface area (Å²) in [6.45, 7) is 3.91. The van der Waals surface area contributed by atoms with E-state index in [2.05, 4.69) is 78.1 Å². The number of halogens is 1. The lowest BCUT2D eigenvalue weighted by molar-refractivity contribution is -0.0888. The topological polar surface area (TPSA) is 83.3 Å². The molecule has 1 aliphatic heterocycles. The van der Waals surface area contributed by atoms with Crippen LogP contribution < -0.4 is 10.1 Å². The SMILES string of the molecule is CCOc1nc(NC(c2ccccc2)(c2ccccc2)c2ccccc2)nc2c1ncn2[C@@H]1O[C@H](COC(c2ccccc2)(c2ccccc2)c2ccccc2)C[C@@]1(C)F. The van der Waals surface area contributed by atoms with Crippen molar-refractivity contribution in [3.8, 4) is 5.88 Å². The minimum atomic E-state index is -1.82. The first kappa shape index (κ1) is 38.8. The Morgan fingerprint density at radius 1 is 0.667 bits per heavy atom. The monoisotopic (exact) mass is 795 g/mol. The maximum Gasteiger partial charge on any atom is 0.247 e. The number of rotatable bonds is 14. The fourth-order valence-electron chi connectivity index (χ4n) is 8.66. The van der Waals surface area contributed by atoms with Gasteiger partial charge < -0.3 is 19.5 Å². The highest BCUT2D eigenvalue weighted by Crippen LogP contribution is 2.46. The van der Waals surface area contributed by atoms with Crippen LogP contribution in [0.4, 0.5) is 10.3 Å². The Bertz CT molecular complexity index is 2440. The van der Waals surface area contributed by atoms with Crippen molar-refractivity contribution in [3.05, 3.63) is 222 Å². The minimum Gasteiger partial charge on any atom is -0.476 e. The van der Waals surface area contributed by atoms with Gasteiger partial charge in [0.1, 0.15) is 11.1 Å². The summed E-state index contributed by atoms with van der Waals surface area (Å²) in [6.07, 6.45) is -0.0293. The molecule has 1 fully saturated rings. The van der Waals surface area contributed by atoms with Gasteiger partial charge in [-0.1, -0.05) is 182 Å². The number of hydrogen-bond donors (Lipinski definition) is 1. The Balaban J connectivity index is 1.10. The summed E-state index contributed by atoms with van der Waals surface area (Å²) in [6, 6.07) is 61.1. The molecule has 2 aromatic heterocycles. The fraction of sp³-hybridized carbons (Fsp3) is 0.196. The zero-order valence-corrected chi connectivity index (χ0v) is 33.6. The highest BCUT2D eigenvalue weighted by molar-refractivity contribution is 5.78. The molecule has 0 amide bonds. The molecule has 0 spiro atoms. The largest absolute Gasteiger partial charge is 0.476 e. The van der Waals surface area contributed by atoms with Gasteiger partial charge in [0, 0.05) is 6.42 Å². The Hall–Kier alpha value is -6.68. The van der Waals surface area contributed by atoms with E-state index < -0.39 is 29.1 Å². The van der Waals surface area contributed by atoms with E-state index in [0.717, 1.165) is 33.4 Å². The van der Waals surface area contributed by atoms with Crippen molar-refractivity contribution in [3.63, 3.8) is 0 Å². The highest BCUT2D eigenvalue weighted by Gasteiger charge is 2.49. The number of imidazole rings is 1. The minimum absolute atomic E-state index is 0.0828. The molecular formula is C51H46FN5O3. The van der Waals surface area contributed by atoms with E-state index in [1.165, 1.54) is 0 Å². The first-order valence-corrected chi connectivity index (χ1v) is 20.4. The third-order valence-corrected chi connectivity index (χ3v) is 11.3. The number of nitrogens with zero attached hydrogens (tertiary/aromatic N) is 4. The third-order valence-electron chi connectivity index (χ3n) is 11.3. The van der Waals surface area contributed by atoms with Crippen LogP contribution in [-0.2, 0) is 20.6 Å². The average Bonchev–Trinajstić information content (AvgIpc) is 3.86. The zero-order chi connectivity index (χ0) is 41.0. The number of nitrogens with one attached hydrogen (secondary N) is 1. The summed E-state index contributed by atoms with van der Waals surface area (Å²) in [5, 5.41) is 3.76. The molecule has 0 aliphatic carbocycles. The normalized spacial score (nSPS) is 18.1. The molecule has 0 bridgehead atoms. The second-order valence-corrected chi connectivity index (χ2v) is 15.3. The van der Waals surface area contributed by atoms with Crippen LogP contribution in [0, 0.1) is 0 Å². The average molecular weight is 796 g/mol. The first-order valence-electron chi connectivity index (χ1n) is 20.4. The van der Waals surface area contributed by atoms with E-state index in [9.17, 15) is 0 Å². The van der Waals surface area contributed by atoms with Crippen molar-refractivity contribution in [2.75, 3.05) is 18.5 Å². The van der Waals surface area contributed by atoms with E-state index in [1.54, 1.807) is 17.8 Å². The van der Waals surface area contributed by atoms with Gasteiger partial charge in [0.25, 0.3) is 0 Å². The molecule has 6 aromatic carbocycles. The first-order chi connectivity index (χ1) is 29.4. The lowest BCUT2D eigenvalue weighted by atomic mass is 9.77. The quantitative estimate of drug-likeness (QED) is 0.110. The van der Waals surface area contributed by atoms with E-state index >= 15 is 4.39 Å². The van der Waals surface area contributed by atoms with Crippen molar-refractivity contribution >= 4 is 17.1 Å². The second-order valence-electron chi connectivity index (χ2n) is 15.3. The van der Waals surface area contributed by atoms with Crippen LogP contribution in [0.3, 0.4) is 0 Å². The third kappa shape index (κ3) is 7.10. The molecule has 8 nitrogen and oxygen atoms in total. The maximum atomic E-state index is 17.2. The van der Waals surface area contributed by atoms with Crippen LogP contribution in [0.5, 0.6) is 5.88 Å². The van der Waals surface area contributed by atoms with Gasteiger partial charge in [-0.15, -0.1) is 0 Å². The van der Waals surface area contributed by atoms with E-state index in [1.807, 2.05) is 116 Å². The van der Waals surface area contributed by atoms with Crippen molar-refractivity contribution < 1.29 is 18.6 Å². The molecule has 1 saturated heterocycles. The summed E-state index contributed by atoms with van der Waals surface area (Å²) in [5.41, 5.74) is 2.87. The molecule has 1 N–H and O–H groups in total. The molecule has 3 heterocycles. The van der Waals surface area contributed by atoms with Crippen LogP contribution >= 0.6 is 0 Å². The van der Waals surface area contributed by atoms with Crippen LogP contribution in [0.2, 0.25) is 0 Å². The number of fused-ring (bicyclic) bond motifs is 1. The van der Waals surface area contributed by atoms with Crippen molar-refractivity contribution in [1.82, 2.24) is 19.5 Å². The lowest BCUT2D eigenvalue weighted by Gasteiger charge is -2.37. The summed E-state index contributed by atoms with van der Waals surface area (Å²) < 4.78 is 38.7. The van der Waals surface area contributed by atoms with Crippen LogP contribution in [0.1, 0.15) is 59.9 Å². The van der Waals surface area contributed by atoms with Gasteiger partial charge in [-0.25, -0.2) is 9.37 Å². The smallest absolute Gasteiger partial charge is 0.247 e. The Morgan fingerprint density at radius 2 is 1.10 bits per heavy atom. The number of anilines is 1. The molecule has 0 radical (unpaired) electrons. The fourth-order valence-corrected chi connectivity index (χ4v) is 8.66. The van der Waals surface area contributed by atoms with Crippen LogP contribution in [0.15, 0.2) is 188 Å². The van der Waals surface area contributed by atoms with Crippen molar-refractivity contribution in [2.45, 2.75) is 49.4 Å². The lowest BCUT2D eigenvalue weighted by Crippen LogP contribution is -2.38. The standard InChI is InChI=1S/C51H46FN5O3/c1-3-58-46-44-45(54-48(55-46)56-50(37-22-10-4-11-23-37,38-24-12-5-13-25-38)39-26-14-6-15-27-39)57(36-53-44)47-49(2,52)34-43(60-47)35-59-51(40-28-16-7-17-29-40,41-30-18-8-19-31-41)42-32-20-9-21-33-42/h4-33,36,43,47H,3,34-35H2,1-2H3,(H,54,55,56)/t43-,47+,49+/m0/s1. The van der Waals surface area contributed by atoms with E-state index in [-0.39, 0.29) is 24.9 Å². The Morgan fingerprint density at radius 3 is 1.53 bits per heavy atom. The number of alkyl halides is 1. The van der Waals surface area contributed by atoms with Crippen LogP contribution in [-0.4, -0.2) is 44.5 Å². The van der Waals surface area contributed by atoms with Gasteiger partial charge in [-0.2, -0.15) is 9.97 Å². The summed E-state index contributed by atoms with van der Waals surface area (Å²) in [5.74, 6) is 0.560. The van der Waals surface area contributed by atoms with Gasteiger partial charge in [-0.05, 0) is 47.2 Å². The Kier molecular flexibility index (Phi) is 10.7. The predicted molar refractivity (Wildman–Crippen MR) is 233 cm³/mol. The van der Waals surface area contributed by atoms with Gasteiger partial charge >= 0.3 is 0 Å². The number of ether oxygens (including phenoxy) is 3. The summed E-state index contributed by atoms with van der Waals surface area (Å²) in [7, 11) is 0. The number of aromatic nitrogens is 4. The molecule has 0 unspecified atom stereocenters. The number of hydrogen-bond acceptors (Lipinski definition) is 7. The maximum absolute atomic E-state index is 17.2. The summed E-state index contributed by atoms with van der Waals surface area (Å²) in [4.78, 5) is 14.7. The molecule has 300 valence electrons. The van der Waals surface area contributed by atoms with Crippen molar-refractivity contribution in [2.24, 2.45) is 0 Å². The molecule has 9 rings (SSSR count). The number of benzene rings is 6. The molecule has 3 atom stereocenters. The van der Waals surface area contributed by atoms with Crippen LogP contribution in [0.25, 0.3) is 11.2 Å². The highest BCUT2D eigenvalue weighted by atomic mass is 19.1. The van der Waals surface area contributed by atoms with Crippen molar-refractivity contribution in [1.29, 1.82) is 0 Å². The van der Waals surface area contributed by atoms with E-state index in [0.29, 0.717) is 17.8 Å². The second kappa shape index (κ2) is 16.5. The molecular weight excluding hydrogens is 750 g/mol. The summed E-state index contributed by atoms with van der Waals surface area (Å²) >= 11 is 0. The molecule has 1 aliphatic rings. The van der Waals surface area contributed by atoms with Gasteiger partial charge in [-0.3, -0.25) is 4.57 Å². The van der Waals surface area contributed by atoms with E-state index in [4.69, 9.17) is 29.2 Å². The zero-order valence-electron chi connectivity index (χ0n) is 33.6. The molecule has 0 saturated carbocycles.